The Hall–Kier alpha value is -1.85. The molecule has 0 aliphatic rings. The van der Waals surface area contributed by atoms with Crippen LogP contribution in [0.2, 0.25) is 0 Å². The van der Waals surface area contributed by atoms with Gasteiger partial charge in [0.05, 0.1) is 0 Å². The lowest BCUT2D eigenvalue weighted by Gasteiger charge is -2.18. The Balaban J connectivity index is 4.02. The summed E-state index contributed by atoms with van der Waals surface area (Å²) in [4.78, 5) is 38.1. The summed E-state index contributed by atoms with van der Waals surface area (Å²) in [5.74, 6) is -0.840. The summed E-state index contributed by atoms with van der Waals surface area (Å²) < 4.78 is 16.9. The van der Waals surface area contributed by atoms with Crippen molar-refractivity contribution in [3.8, 4) is 0 Å². The van der Waals surface area contributed by atoms with Gasteiger partial charge in [-0.05, 0) is 44.9 Å². The summed E-state index contributed by atoms with van der Waals surface area (Å²) in [6.45, 7) is 6.68. The summed E-state index contributed by atoms with van der Waals surface area (Å²) in [5.41, 5.74) is 0. The molecule has 0 aromatic rings. The maximum absolute atomic E-state index is 12.9. The molecule has 1 unspecified atom stereocenters. The SMILES string of the molecule is CCCCCCCCCC/C=C\CCCCCCCCCCCCCCCCCC(=O)OCC(COC(=O)CCCCCCCCC)OC(=O)CCCCCCCCCCCCCCCCCCCCCCCCC. The molecule has 0 aliphatic heterocycles. The summed E-state index contributed by atoms with van der Waals surface area (Å²) in [5, 5.41) is 0. The van der Waals surface area contributed by atoms with Crippen LogP contribution < -0.4 is 0 Å². The first-order chi connectivity index (χ1) is 37.0. The fourth-order valence-electron chi connectivity index (χ4n) is 10.6. The molecular formula is C69H132O6. The quantitative estimate of drug-likeness (QED) is 0.0261. The molecule has 6 heteroatoms. The molecule has 75 heavy (non-hydrogen) atoms. The van der Waals surface area contributed by atoms with Gasteiger partial charge in [0.2, 0.25) is 0 Å². The van der Waals surface area contributed by atoms with Crippen molar-refractivity contribution < 1.29 is 28.6 Å². The molecule has 0 radical (unpaired) electrons. The van der Waals surface area contributed by atoms with Crippen LogP contribution in [0.15, 0.2) is 12.2 Å². The predicted octanol–water partition coefficient (Wildman–Crippen LogP) is 23.2. The number of hydrogen-bond acceptors (Lipinski definition) is 6. The molecule has 0 saturated heterocycles. The van der Waals surface area contributed by atoms with Gasteiger partial charge in [-0.25, -0.2) is 0 Å². The van der Waals surface area contributed by atoms with Gasteiger partial charge >= 0.3 is 17.9 Å². The molecule has 0 amide bonds. The molecule has 0 bridgehead atoms. The molecule has 0 heterocycles. The lowest BCUT2D eigenvalue weighted by atomic mass is 10.0. The van der Waals surface area contributed by atoms with E-state index in [9.17, 15) is 14.4 Å². The Labute approximate surface area is 469 Å². The van der Waals surface area contributed by atoms with Crippen molar-refractivity contribution in [1.29, 1.82) is 0 Å². The monoisotopic (exact) mass is 1060 g/mol. The number of carbonyl (C=O) groups excluding carboxylic acids is 3. The molecule has 0 aliphatic carbocycles. The molecular weight excluding hydrogens is 925 g/mol. The van der Waals surface area contributed by atoms with Gasteiger partial charge in [0.25, 0.3) is 0 Å². The normalized spacial score (nSPS) is 12.0. The Morgan fingerprint density at radius 2 is 0.440 bits per heavy atom. The molecule has 0 saturated carbocycles. The second-order valence-corrected chi connectivity index (χ2v) is 23.5. The van der Waals surface area contributed by atoms with E-state index >= 15 is 0 Å². The van der Waals surface area contributed by atoms with Crippen molar-refractivity contribution in [1.82, 2.24) is 0 Å². The Kier molecular flexibility index (Phi) is 63.1. The van der Waals surface area contributed by atoms with Crippen LogP contribution in [0.4, 0.5) is 0 Å². The van der Waals surface area contributed by atoms with E-state index in [0.29, 0.717) is 19.3 Å². The number of carbonyl (C=O) groups is 3. The first kappa shape index (κ1) is 73.2. The van der Waals surface area contributed by atoms with Crippen LogP contribution >= 0.6 is 0 Å². The van der Waals surface area contributed by atoms with E-state index < -0.39 is 6.10 Å². The maximum Gasteiger partial charge on any atom is 0.306 e. The Bertz CT molecular complexity index is 1170. The van der Waals surface area contributed by atoms with Crippen molar-refractivity contribution in [3.05, 3.63) is 12.2 Å². The van der Waals surface area contributed by atoms with Crippen molar-refractivity contribution in [2.75, 3.05) is 13.2 Å². The summed E-state index contributed by atoms with van der Waals surface area (Å²) >= 11 is 0. The topological polar surface area (TPSA) is 78.9 Å². The number of allylic oxidation sites excluding steroid dienone is 2. The minimum absolute atomic E-state index is 0.0635. The lowest BCUT2D eigenvalue weighted by molar-refractivity contribution is -0.167. The minimum Gasteiger partial charge on any atom is -0.462 e. The van der Waals surface area contributed by atoms with Gasteiger partial charge in [-0.2, -0.15) is 0 Å². The third kappa shape index (κ3) is 62.9. The zero-order valence-corrected chi connectivity index (χ0v) is 51.1. The number of unbranched alkanes of at least 4 members (excludes halogenated alkanes) is 51. The van der Waals surface area contributed by atoms with Crippen LogP contribution in [0.25, 0.3) is 0 Å². The van der Waals surface area contributed by atoms with Gasteiger partial charge in [-0.1, -0.05) is 341 Å². The number of hydrogen-bond donors (Lipinski definition) is 0. The van der Waals surface area contributed by atoms with Gasteiger partial charge in [-0.3, -0.25) is 14.4 Å². The van der Waals surface area contributed by atoms with Crippen molar-refractivity contribution >= 4 is 17.9 Å². The third-order valence-corrected chi connectivity index (χ3v) is 15.8. The molecule has 0 aromatic carbocycles. The van der Waals surface area contributed by atoms with E-state index in [2.05, 4.69) is 32.9 Å². The highest BCUT2D eigenvalue weighted by atomic mass is 16.6. The minimum atomic E-state index is -0.763. The van der Waals surface area contributed by atoms with Crippen LogP contribution in [-0.4, -0.2) is 37.2 Å². The fourth-order valence-corrected chi connectivity index (χ4v) is 10.6. The first-order valence-electron chi connectivity index (χ1n) is 34.2. The molecule has 0 N–H and O–H groups in total. The largest absolute Gasteiger partial charge is 0.462 e. The Morgan fingerprint density at radius 1 is 0.253 bits per heavy atom. The van der Waals surface area contributed by atoms with Gasteiger partial charge in [0.15, 0.2) is 6.10 Å². The molecule has 444 valence electrons. The molecule has 6 nitrogen and oxygen atoms in total. The third-order valence-electron chi connectivity index (χ3n) is 15.8. The smallest absolute Gasteiger partial charge is 0.306 e. The van der Waals surface area contributed by atoms with Gasteiger partial charge in [0.1, 0.15) is 13.2 Å². The first-order valence-corrected chi connectivity index (χ1v) is 34.2. The van der Waals surface area contributed by atoms with Gasteiger partial charge in [-0.15, -0.1) is 0 Å². The maximum atomic E-state index is 12.9. The fraction of sp³-hybridized carbons (Fsp3) is 0.928. The number of ether oxygens (including phenoxy) is 3. The molecule has 1 atom stereocenters. The van der Waals surface area contributed by atoms with E-state index in [0.717, 1.165) is 57.8 Å². The van der Waals surface area contributed by atoms with Crippen LogP contribution in [0.1, 0.15) is 393 Å². The predicted molar refractivity (Wildman–Crippen MR) is 326 cm³/mol. The summed E-state index contributed by atoms with van der Waals surface area (Å²) in [6.07, 6.45) is 77.0. The van der Waals surface area contributed by atoms with Crippen LogP contribution in [0.5, 0.6) is 0 Å². The van der Waals surface area contributed by atoms with Crippen LogP contribution in [-0.2, 0) is 28.6 Å². The zero-order chi connectivity index (χ0) is 54.3. The summed E-state index contributed by atoms with van der Waals surface area (Å²) in [7, 11) is 0. The van der Waals surface area contributed by atoms with Crippen molar-refractivity contribution in [2.45, 2.75) is 399 Å². The van der Waals surface area contributed by atoms with E-state index in [1.165, 1.54) is 295 Å². The van der Waals surface area contributed by atoms with Gasteiger partial charge in [0, 0.05) is 19.3 Å². The average molecular weight is 1060 g/mol. The van der Waals surface area contributed by atoms with Crippen LogP contribution in [0, 0.1) is 0 Å². The second kappa shape index (κ2) is 64.7. The van der Waals surface area contributed by atoms with Crippen molar-refractivity contribution in [2.24, 2.45) is 0 Å². The Morgan fingerprint density at radius 3 is 0.667 bits per heavy atom. The second-order valence-electron chi connectivity index (χ2n) is 23.5. The number of esters is 3. The zero-order valence-electron chi connectivity index (χ0n) is 51.1. The van der Waals surface area contributed by atoms with E-state index in [1.54, 1.807) is 0 Å². The molecule has 0 fully saturated rings. The van der Waals surface area contributed by atoms with Gasteiger partial charge < -0.3 is 14.2 Å². The van der Waals surface area contributed by atoms with E-state index in [-0.39, 0.29) is 31.1 Å². The van der Waals surface area contributed by atoms with Crippen molar-refractivity contribution in [3.63, 3.8) is 0 Å². The standard InChI is InChI=1S/C69H132O6/c1-4-7-10-13-16-18-20-22-24-26-28-30-32-33-34-35-37-38-40-42-44-46-48-50-53-56-59-62-68(71)74-65-66(64-73-67(70)61-58-55-52-15-12-9-6-3)75-69(72)63-60-57-54-51-49-47-45-43-41-39-36-31-29-27-25-23-21-19-17-14-11-8-5-2/h26,28,66H,4-25,27,29-65H2,1-3H3/b28-26-. The average Bonchev–Trinajstić information content (AvgIpc) is 3.41. The summed E-state index contributed by atoms with van der Waals surface area (Å²) in [6, 6.07) is 0. The number of rotatable bonds is 64. The highest BCUT2D eigenvalue weighted by Gasteiger charge is 2.19. The highest BCUT2D eigenvalue weighted by Crippen LogP contribution is 2.19. The molecule has 0 spiro atoms. The lowest BCUT2D eigenvalue weighted by Crippen LogP contribution is -2.30. The van der Waals surface area contributed by atoms with Crippen LogP contribution in [0.3, 0.4) is 0 Å². The van der Waals surface area contributed by atoms with E-state index in [4.69, 9.17) is 14.2 Å². The van der Waals surface area contributed by atoms with E-state index in [1.807, 2.05) is 0 Å². The highest BCUT2D eigenvalue weighted by molar-refractivity contribution is 5.71. The molecule has 0 rings (SSSR count). The molecule has 0 aromatic heterocycles.